The molecule has 0 aromatic carbocycles. The fourth-order valence-electron chi connectivity index (χ4n) is 3.78. The summed E-state index contributed by atoms with van der Waals surface area (Å²) in [6.45, 7) is 7.44. The Morgan fingerprint density at radius 3 is 1.87 bits per heavy atom. The van der Waals surface area contributed by atoms with Gasteiger partial charge in [0.2, 0.25) is 0 Å². The molecular formula is C23H49NO6P+. The van der Waals surface area contributed by atoms with Crippen LogP contribution < -0.4 is 0 Å². The molecule has 1 N–H and O–H groups in total. The number of hydrogen-bond acceptors (Lipinski definition) is 5. The molecule has 8 heteroatoms. The Kier molecular flexibility index (Phi) is 17.2. The minimum absolute atomic E-state index is 0.0754. The average molecular weight is 467 g/mol. The van der Waals surface area contributed by atoms with E-state index in [-0.39, 0.29) is 13.2 Å². The number of hydrogen-bond donors (Lipinski definition) is 1. The van der Waals surface area contributed by atoms with Gasteiger partial charge in [0.25, 0.3) is 0 Å². The number of phosphoric acid groups is 1. The molecule has 186 valence electrons. The quantitative estimate of drug-likeness (QED) is 0.140. The zero-order valence-electron chi connectivity index (χ0n) is 20.2. The molecular weight excluding hydrogens is 417 g/mol. The summed E-state index contributed by atoms with van der Waals surface area (Å²) in [7, 11) is -1.89. The van der Waals surface area contributed by atoms with E-state index in [4.69, 9.17) is 18.5 Å². The molecule has 0 saturated carbocycles. The lowest BCUT2D eigenvalue weighted by atomic mass is 10.1. The van der Waals surface area contributed by atoms with E-state index in [1.165, 1.54) is 70.6 Å². The van der Waals surface area contributed by atoms with Crippen molar-refractivity contribution in [2.45, 2.75) is 84.0 Å². The Labute approximate surface area is 191 Å². The summed E-state index contributed by atoms with van der Waals surface area (Å²) in [5.74, 6) is 0. The number of phosphoric ester groups is 1. The van der Waals surface area contributed by atoms with Gasteiger partial charge in [-0.25, -0.2) is 4.57 Å². The van der Waals surface area contributed by atoms with Crippen LogP contribution >= 0.6 is 7.82 Å². The molecule has 1 saturated heterocycles. The highest BCUT2D eigenvalue weighted by atomic mass is 31.2. The molecule has 0 aliphatic carbocycles. The molecule has 0 amide bonds. The number of nitrogens with zero attached hydrogens (tertiary/aromatic N) is 1. The van der Waals surface area contributed by atoms with Crippen molar-refractivity contribution in [3.8, 4) is 0 Å². The van der Waals surface area contributed by atoms with Crippen LogP contribution in [0.5, 0.6) is 0 Å². The summed E-state index contributed by atoms with van der Waals surface area (Å²) in [6, 6.07) is 0. The Hall–Kier alpha value is -0.0100. The van der Waals surface area contributed by atoms with E-state index in [1.54, 1.807) is 0 Å². The summed E-state index contributed by atoms with van der Waals surface area (Å²) in [5, 5.41) is 0. The number of morpholine rings is 1. The van der Waals surface area contributed by atoms with Crippen LogP contribution in [0.3, 0.4) is 0 Å². The number of unbranched alkanes of at least 4 members (excludes halogenated alkanes) is 11. The zero-order chi connectivity index (χ0) is 22.7. The maximum absolute atomic E-state index is 11.9. The highest BCUT2D eigenvalue weighted by Gasteiger charge is 2.27. The smallest absolute Gasteiger partial charge is 0.379 e. The van der Waals surface area contributed by atoms with E-state index in [9.17, 15) is 9.46 Å². The molecule has 1 fully saturated rings. The molecule has 0 bridgehead atoms. The molecule has 0 radical (unpaired) electrons. The van der Waals surface area contributed by atoms with Gasteiger partial charge in [0.15, 0.2) is 0 Å². The molecule has 0 spiro atoms. The SMILES string of the molecule is CCCCCCCCCCCCCCOCCOP(=O)(O)OCC[N+]1(C)CCOCC1. The molecule has 1 atom stereocenters. The monoisotopic (exact) mass is 466 g/mol. The van der Waals surface area contributed by atoms with E-state index < -0.39 is 7.82 Å². The van der Waals surface area contributed by atoms with Crippen molar-refractivity contribution in [3.63, 3.8) is 0 Å². The number of likely N-dealkylation sites (N-methyl/N-ethyl adjacent to an activating group) is 1. The lowest BCUT2D eigenvalue weighted by Crippen LogP contribution is -2.53. The third kappa shape index (κ3) is 17.2. The number of rotatable bonds is 21. The van der Waals surface area contributed by atoms with Crippen LogP contribution in [0.25, 0.3) is 0 Å². The molecule has 1 aliphatic rings. The first-order valence-electron chi connectivity index (χ1n) is 12.6. The average Bonchev–Trinajstić information content (AvgIpc) is 2.73. The van der Waals surface area contributed by atoms with Gasteiger partial charge in [0, 0.05) is 6.61 Å². The second-order valence-electron chi connectivity index (χ2n) is 9.04. The number of quaternary nitrogens is 1. The van der Waals surface area contributed by atoms with E-state index in [0.29, 0.717) is 19.8 Å². The van der Waals surface area contributed by atoms with Gasteiger partial charge in [-0.2, -0.15) is 0 Å². The van der Waals surface area contributed by atoms with Gasteiger partial charge >= 0.3 is 7.82 Å². The molecule has 1 rings (SSSR count). The second kappa shape index (κ2) is 18.4. The predicted molar refractivity (Wildman–Crippen MR) is 125 cm³/mol. The van der Waals surface area contributed by atoms with E-state index in [2.05, 4.69) is 14.0 Å². The molecule has 0 aromatic rings. The van der Waals surface area contributed by atoms with Gasteiger partial charge in [-0.15, -0.1) is 0 Å². The van der Waals surface area contributed by atoms with Gasteiger partial charge < -0.3 is 18.9 Å². The Morgan fingerprint density at radius 2 is 1.29 bits per heavy atom. The van der Waals surface area contributed by atoms with E-state index in [1.807, 2.05) is 0 Å². The molecule has 1 heterocycles. The molecule has 0 aromatic heterocycles. The summed E-state index contributed by atoms with van der Waals surface area (Å²) in [4.78, 5) is 9.77. The molecule has 31 heavy (non-hydrogen) atoms. The summed E-state index contributed by atoms with van der Waals surface area (Å²) >= 11 is 0. The first-order chi connectivity index (χ1) is 15.0. The largest absolute Gasteiger partial charge is 0.472 e. The lowest BCUT2D eigenvalue weighted by Gasteiger charge is -2.37. The first-order valence-corrected chi connectivity index (χ1v) is 14.1. The minimum atomic E-state index is -4.00. The van der Waals surface area contributed by atoms with Gasteiger partial charge in [0.05, 0.1) is 33.5 Å². The Morgan fingerprint density at radius 1 is 0.774 bits per heavy atom. The van der Waals surface area contributed by atoms with Crippen LogP contribution in [0, 0.1) is 0 Å². The van der Waals surface area contributed by atoms with Crippen molar-refractivity contribution >= 4 is 7.82 Å². The third-order valence-corrected chi connectivity index (χ3v) is 7.08. The summed E-state index contributed by atoms with van der Waals surface area (Å²) in [5.41, 5.74) is 0. The van der Waals surface area contributed by atoms with Crippen LogP contribution in [-0.4, -0.2) is 75.7 Å². The van der Waals surface area contributed by atoms with Crippen molar-refractivity contribution in [2.24, 2.45) is 0 Å². The summed E-state index contributed by atoms with van der Waals surface area (Å²) < 4.78 is 33.7. The fourth-order valence-corrected chi connectivity index (χ4v) is 4.47. The standard InChI is InChI=1S/C23H48NO6P/c1-3-4-5-6-7-8-9-10-11-12-13-14-18-27-22-23-30-31(25,26)29-21-17-24(2)15-19-28-20-16-24/h3-23H2,1-2H3/p+1. The molecule has 7 nitrogen and oxygen atoms in total. The van der Waals surface area contributed by atoms with Crippen molar-refractivity contribution in [3.05, 3.63) is 0 Å². The second-order valence-corrected chi connectivity index (χ2v) is 10.5. The molecule has 1 unspecified atom stereocenters. The van der Waals surface area contributed by atoms with Crippen LogP contribution in [0.1, 0.15) is 84.0 Å². The van der Waals surface area contributed by atoms with Crippen molar-refractivity contribution in [2.75, 3.05) is 66.3 Å². The highest BCUT2D eigenvalue weighted by molar-refractivity contribution is 7.47. The van der Waals surface area contributed by atoms with Crippen molar-refractivity contribution in [1.29, 1.82) is 0 Å². The normalized spacial score (nSPS) is 18.2. The maximum atomic E-state index is 11.9. The van der Waals surface area contributed by atoms with E-state index >= 15 is 0 Å². The van der Waals surface area contributed by atoms with Crippen LogP contribution in [0.15, 0.2) is 0 Å². The van der Waals surface area contributed by atoms with Crippen molar-refractivity contribution < 1.29 is 32.5 Å². The highest BCUT2D eigenvalue weighted by Crippen LogP contribution is 2.42. The third-order valence-electron chi connectivity index (χ3n) is 6.06. The van der Waals surface area contributed by atoms with Crippen LogP contribution in [0.2, 0.25) is 0 Å². The topological polar surface area (TPSA) is 74.2 Å². The summed E-state index contributed by atoms with van der Waals surface area (Å²) in [6.07, 6.45) is 15.8. The van der Waals surface area contributed by atoms with Crippen LogP contribution in [0.4, 0.5) is 0 Å². The Bertz CT molecular complexity index is 459. The lowest BCUT2D eigenvalue weighted by molar-refractivity contribution is -0.916. The van der Waals surface area contributed by atoms with Crippen molar-refractivity contribution in [1.82, 2.24) is 0 Å². The van der Waals surface area contributed by atoms with Gasteiger partial charge in [0.1, 0.15) is 26.2 Å². The number of ether oxygens (including phenoxy) is 2. The van der Waals surface area contributed by atoms with Gasteiger partial charge in [-0.05, 0) is 6.42 Å². The first kappa shape index (κ1) is 29.0. The minimum Gasteiger partial charge on any atom is -0.379 e. The van der Waals surface area contributed by atoms with Crippen LogP contribution in [-0.2, 0) is 23.1 Å². The fraction of sp³-hybridized carbons (Fsp3) is 1.00. The molecule has 1 aliphatic heterocycles. The zero-order valence-corrected chi connectivity index (χ0v) is 21.1. The van der Waals surface area contributed by atoms with Gasteiger partial charge in [-0.3, -0.25) is 9.05 Å². The maximum Gasteiger partial charge on any atom is 0.472 e. The predicted octanol–water partition coefficient (Wildman–Crippen LogP) is 5.31. The Balaban J connectivity index is 1.84. The van der Waals surface area contributed by atoms with E-state index in [0.717, 1.165) is 37.2 Å². The van der Waals surface area contributed by atoms with Gasteiger partial charge in [-0.1, -0.05) is 77.6 Å².